The minimum atomic E-state index is -1.21. The van der Waals surface area contributed by atoms with E-state index < -0.39 is 69.9 Å². The lowest BCUT2D eigenvalue weighted by atomic mass is 10.0. The lowest BCUT2D eigenvalue weighted by molar-refractivity contribution is -0.423. The van der Waals surface area contributed by atoms with Crippen molar-refractivity contribution in [2.24, 2.45) is 0 Å². The number of nitro benzene ring substituents is 4. The van der Waals surface area contributed by atoms with Gasteiger partial charge in [-0.05, 0) is 12.1 Å². The molecule has 17 nitrogen and oxygen atoms in total. The van der Waals surface area contributed by atoms with E-state index in [1.54, 1.807) is 0 Å². The Kier molecular flexibility index (Phi) is 6.77. The van der Waals surface area contributed by atoms with Crippen LogP contribution in [-0.4, -0.2) is 38.8 Å². The molecule has 0 atom stereocenters. The second kappa shape index (κ2) is 9.29. The fraction of sp³-hybridized carbons (Fsp3) is 0.125. The van der Waals surface area contributed by atoms with E-state index in [-0.39, 0.29) is 5.75 Å². The molecule has 0 fully saturated rings. The first-order valence-corrected chi connectivity index (χ1v) is 8.31. The maximum atomic E-state index is 11.7. The minimum absolute atomic E-state index is 0.387. The number of nitrogens with zero attached hydrogens (tertiary/aromatic N) is 5. The summed E-state index contributed by atoms with van der Waals surface area (Å²) in [7, 11) is 2.03. The Morgan fingerprint density at radius 1 is 0.788 bits per heavy atom. The molecule has 0 aliphatic heterocycles. The number of ether oxygens (including phenoxy) is 2. The van der Waals surface area contributed by atoms with Crippen LogP contribution in [0.15, 0.2) is 24.3 Å². The van der Waals surface area contributed by atoms with Crippen LogP contribution in [0.25, 0.3) is 11.8 Å². The molecule has 33 heavy (non-hydrogen) atoms. The lowest BCUT2D eigenvalue weighted by Gasteiger charge is -2.10. The summed E-state index contributed by atoms with van der Waals surface area (Å²) in [6.07, 6.45) is 0.487. The van der Waals surface area contributed by atoms with Crippen LogP contribution < -0.4 is 9.47 Å². The number of hydrogen-bond donors (Lipinski definition) is 0. The molecule has 0 amide bonds. The first kappa shape index (κ1) is 24.1. The molecule has 0 bridgehead atoms. The summed E-state index contributed by atoms with van der Waals surface area (Å²) in [5.74, 6) is -1.02. The molecule has 0 saturated heterocycles. The Morgan fingerprint density at radius 3 is 1.82 bits per heavy atom. The zero-order valence-corrected chi connectivity index (χ0v) is 16.5. The van der Waals surface area contributed by atoms with Crippen molar-refractivity contribution in [2.75, 3.05) is 14.2 Å². The maximum Gasteiger partial charge on any atom is 0.391 e. The van der Waals surface area contributed by atoms with Gasteiger partial charge in [-0.2, -0.15) is 0 Å². The Bertz CT molecular complexity index is 1240. The molecule has 0 unspecified atom stereocenters. The molecule has 2 rings (SSSR count). The van der Waals surface area contributed by atoms with Gasteiger partial charge in [0, 0.05) is 12.1 Å². The molecule has 0 aliphatic rings. The van der Waals surface area contributed by atoms with Gasteiger partial charge in [-0.1, -0.05) is 0 Å². The number of hydrogen-bond acceptors (Lipinski definition) is 12. The standard InChI is InChI=1S/C16H11N5O12/c1-32-13-6-8(14(20(28)29)15(21(30)31)16(13)33-2)5-11(18(24)25)10-4-3-9(17(22)23)7-12(10)19(26)27/h3-7H,1-2H3/b11-5+. The van der Waals surface area contributed by atoms with Gasteiger partial charge in [0.05, 0.1) is 50.5 Å². The van der Waals surface area contributed by atoms with E-state index in [1.807, 2.05) is 0 Å². The molecule has 17 heteroatoms. The Labute approximate surface area is 181 Å². The van der Waals surface area contributed by atoms with Crippen LogP contribution in [0, 0.1) is 50.6 Å². The molecule has 172 valence electrons. The number of methoxy groups -OCH3 is 2. The molecule has 0 N–H and O–H groups in total. The monoisotopic (exact) mass is 465 g/mol. The second-order valence-electron chi connectivity index (χ2n) is 5.92. The zero-order chi connectivity index (χ0) is 25.0. The van der Waals surface area contributed by atoms with Crippen LogP contribution in [0.1, 0.15) is 11.1 Å². The van der Waals surface area contributed by atoms with E-state index in [0.29, 0.717) is 18.2 Å². The third kappa shape index (κ3) is 4.60. The van der Waals surface area contributed by atoms with Gasteiger partial charge in [0.15, 0.2) is 5.75 Å². The van der Waals surface area contributed by atoms with E-state index in [9.17, 15) is 50.6 Å². The topological polar surface area (TPSA) is 234 Å². The molecule has 0 aromatic heterocycles. The summed E-state index contributed by atoms with van der Waals surface area (Å²) >= 11 is 0. The van der Waals surface area contributed by atoms with Gasteiger partial charge in [-0.15, -0.1) is 0 Å². The maximum absolute atomic E-state index is 11.7. The predicted molar refractivity (Wildman–Crippen MR) is 107 cm³/mol. The van der Waals surface area contributed by atoms with Crippen LogP contribution in [-0.2, 0) is 0 Å². The highest BCUT2D eigenvalue weighted by Crippen LogP contribution is 2.47. The van der Waals surface area contributed by atoms with Gasteiger partial charge in [-0.25, -0.2) is 0 Å². The summed E-state index contributed by atoms with van der Waals surface area (Å²) in [6.45, 7) is 0. The van der Waals surface area contributed by atoms with Gasteiger partial charge in [-0.3, -0.25) is 50.6 Å². The Morgan fingerprint density at radius 2 is 1.39 bits per heavy atom. The third-order valence-electron chi connectivity index (χ3n) is 4.17. The largest absolute Gasteiger partial charge is 0.493 e. The van der Waals surface area contributed by atoms with Crippen molar-refractivity contribution in [1.82, 2.24) is 0 Å². The van der Waals surface area contributed by atoms with Crippen LogP contribution in [0.4, 0.5) is 22.7 Å². The quantitative estimate of drug-likeness (QED) is 0.295. The molecule has 2 aromatic rings. The molecule has 0 saturated carbocycles. The summed E-state index contributed by atoms with van der Waals surface area (Å²) in [5, 5.41) is 57.1. The van der Waals surface area contributed by atoms with E-state index in [0.717, 1.165) is 26.4 Å². The predicted octanol–water partition coefficient (Wildman–Crippen LogP) is 3.11. The smallest absolute Gasteiger partial charge is 0.391 e. The highest BCUT2D eigenvalue weighted by molar-refractivity contribution is 5.87. The summed E-state index contributed by atoms with van der Waals surface area (Å²) in [6, 6.07) is 2.78. The summed E-state index contributed by atoms with van der Waals surface area (Å²) in [4.78, 5) is 51.6. The number of nitro groups is 5. The molecule has 0 spiro atoms. The van der Waals surface area contributed by atoms with Crippen LogP contribution >= 0.6 is 0 Å². The molecular formula is C16H11N5O12. The highest BCUT2D eigenvalue weighted by Gasteiger charge is 2.38. The molecular weight excluding hydrogens is 454 g/mol. The van der Waals surface area contributed by atoms with Crippen molar-refractivity contribution >= 4 is 34.5 Å². The van der Waals surface area contributed by atoms with Crippen LogP contribution in [0.2, 0.25) is 0 Å². The number of benzene rings is 2. The molecule has 0 radical (unpaired) electrons. The summed E-state index contributed by atoms with van der Waals surface area (Å²) < 4.78 is 9.74. The average molecular weight is 465 g/mol. The first-order valence-electron chi connectivity index (χ1n) is 8.31. The molecule has 0 aliphatic carbocycles. The summed E-state index contributed by atoms with van der Waals surface area (Å²) in [5.41, 5.74) is -6.69. The van der Waals surface area contributed by atoms with Crippen molar-refractivity contribution in [2.45, 2.75) is 0 Å². The minimum Gasteiger partial charge on any atom is -0.493 e. The van der Waals surface area contributed by atoms with Crippen LogP contribution in [0.5, 0.6) is 11.5 Å². The van der Waals surface area contributed by atoms with E-state index >= 15 is 0 Å². The van der Waals surface area contributed by atoms with Crippen molar-refractivity contribution in [3.8, 4) is 11.5 Å². The number of non-ortho nitro benzene ring substituents is 1. The van der Waals surface area contributed by atoms with Gasteiger partial charge < -0.3 is 9.47 Å². The molecule has 0 heterocycles. The SMILES string of the molecule is COc1cc(/C=C(\c2ccc([N+](=O)[O-])cc2[N+](=O)[O-])[N+](=O)[O-])c([N+](=O)[O-])c([N+](=O)[O-])c1OC. The van der Waals surface area contributed by atoms with Crippen molar-refractivity contribution in [1.29, 1.82) is 0 Å². The van der Waals surface area contributed by atoms with E-state index in [2.05, 4.69) is 0 Å². The Balaban J connectivity index is 2.99. The first-order chi connectivity index (χ1) is 15.4. The average Bonchev–Trinajstić information content (AvgIpc) is 2.75. The van der Waals surface area contributed by atoms with Crippen molar-refractivity contribution in [3.05, 3.63) is 86.0 Å². The third-order valence-corrected chi connectivity index (χ3v) is 4.17. The van der Waals surface area contributed by atoms with Gasteiger partial charge >= 0.3 is 11.4 Å². The van der Waals surface area contributed by atoms with E-state index in [1.165, 1.54) is 0 Å². The molecule has 2 aromatic carbocycles. The Hall–Kier alpha value is -5.22. The van der Waals surface area contributed by atoms with E-state index in [4.69, 9.17) is 9.47 Å². The fourth-order valence-electron chi connectivity index (χ4n) is 2.83. The zero-order valence-electron chi connectivity index (χ0n) is 16.5. The van der Waals surface area contributed by atoms with Gasteiger partial charge in [0.25, 0.3) is 17.1 Å². The van der Waals surface area contributed by atoms with Gasteiger partial charge in [0.2, 0.25) is 5.75 Å². The van der Waals surface area contributed by atoms with Crippen molar-refractivity contribution in [3.63, 3.8) is 0 Å². The normalized spacial score (nSPS) is 10.9. The number of rotatable bonds is 9. The van der Waals surface area contributed by atoms with Gasteiger partial charge in [0.1, 0.15) is 5.56 Å². The van der Waals surface area contributed by atoms with Crippen LogP contribution in [0.3, 0.4) is 0 Å². The highest BCUT2D eigenvalue weighted by atomic mass is 16.7. The fourth-order valence-corrected chi connectivity index (χ4v) is 2.83. The van der Waals surface area contributed by atoms with Crippen molar-refractivity contribution < 1.29 is 34.1 Å². The second-order valence-corrected chi connectivity index (χ2v) is 5.92. The lowest BCUT2D eigenvalue weighted by Crippen LogP contribution is -2.06.